The molecule has 18 heavy (non-hydrogen) atoms. The topological polar surface area (TPSA) is 67.4 Å². The highest BCUT2D eigenvalue weighted by molar-refractivity contribution is 5.85. The van der Waals surface area contributed by atoms with E-state index >= 15 is 0 Å². The number of carbonyl (C=O) groups excluding carboxylic acids is 2. The number of hydrogen-bond acceptors (Lipinski definition) is 4. The first-order valence-electron chi connectivity index (χ1n) is 6.32. The van der Waals surface area contributed by atoms with E-state index in [1.807, 2.05) is 6.92 Å². The van der Waals surface area contributed by atoms with E-state index in [1.54, 1.807) is 0 Å². The van der Waals surface area contributed by atoms with Gasteiger partial charge in [0.2, 0.25) is 5.91 Å². The molecule has 0 aromatic heterocycles. The number of amides is 1. The van der Waals surface area contributed by atoms with Crippen molar-refractivity contribution in [3.05, 3.63) is 0 Å². The zero-order valence-electron chi connectivity index (χ0n) is 10.7. The van der Waals surface area contributed by atoms with Gasteiger partial charge in [0, 0.05) is 13.0 Å². The quantitative estimate of drug-likeness (QED) is 0.720. The molecule has 1 amide bonds. The van der Waals surface area contributed by atoms with Crippen LogP contribution in [-0.2, 0) is 14.3 Å². The summed E-state index contributed by atoms with van der Waals surface area (Å²) in [6.45, 7) is 4.40. The molecule has 2 rings (SSSR count). The monoisotopic (exact) mass is 276 g/mol. The molecule has 1 unspecified atom stereocenters. The summed E-state index contributed by atoms with van der Waals surface area (Å²) in [7, 11) is 0. The molecule has 0 bridgehead atoms. The van der Waals surface area contributed by atoms with Crippen molar-refractivity contribution in [1.29, 1.82) is 0 Å². The van der Waals surface area contributed by atoms with Gasteiger partial charge in [-0.2, -0.15) is 0 Å². The number of rotatable bonds is 2. The summed E-state index contributed by atoms with van der Waals surface area (Å²) in [5, 5.41) is 6.06. The van der Waals surface area contributed by atoms with Gasteiger partial charge in [0.1, 0.15) is 0 Å². The summed E-state index contributed by atoms with van der Waals surface area (Å²) in [6, 6.07) is 0. The van der Waals surface area contributed by atoms with Crippen molar-refractivity contribution in [3.8, 4) is 0 Å². The molecule has 0 aromatic rings. The summed E-state index contributed by atoms with van der Waals surface area (Å²) in [5.74, 6) is -0.274. The van der Waals surface area contributed by atoms with Gasteiger partial charge in [-0.15, -0.1) is 12.4 Å². The number of hydrogen-bond donors (Lipinski definition) is 2. The summed E-state index contributed by atoms with van der Waals surface area (Å²) in [5.41, 5.74) is -0.181. The Morgan fingerprint density at radius 3 is 2.72 bits per heavy atom. The van der Waals surface area contributed by atoms with Crippen LogP contribution in [0.5, 0.6) is 0 Å². The Morgan fingerprint density at radius 1 is 1.44 bits per heavy atom. The van der Waals surface area contributed by atoms with Gasteiger partial charge in [-0.3, -0.25) is 9.59 Å². The van der Waals surface area contributed by atoms with E-state index in [1.165, 1.54) is 0 Å². The molecule has 2 aliphatic rings. The highest BCUT2D eigenvalue weighted by Gasteiger charge is 2.48. The van der Waals surface area contributed by atoms with Crippen molar-refractivity contribution in [3.63, 3.8) is 0 Å². The maximum atomic E-state index is 12.0. The van der Waals surface area contributed by atoms with Gasteiger partial charge in [-0.05, 0) is 38.3 Å². The molecule has 0 aliphatic carbocycles. The molecule has 2 N–H and O–H groups in total. The number of halogens is 1. The van der Waals surface area contributed by atoms with Crippen LogP contribution >= 0.6 is 12.4 Å². The van der Waals surface area contributed by atoms with Gasteiger partial charge in [0.25, 0.3) is 0 Å². The number of carbonyl (C=O) groups is 2. The Morgan fingerprint density at radius 2 is 2.11 bits per heavy atom. The molecular weight excluding hydrogens is 256 g/mol. The van der Waals surface area contributed by atoms with Crippen LogP contribution in [0.1, 0.15) is 26.2 Å². The molecule has 0 radical (unpaired) electrons. The van der Waals surface area contributed by atoms with E-state index < -0.39 is 0 Å². The molecule has 2 heterocycles. The number of nitrogens with one attached hydrogen (secondary N) is 2. The van der Waals surface area contributed by atoms with E-state index in [2.05, 4.69) is 10.6 Å². The average Bonchev–Trinajstić information content (AvgIpc) is 2.30. The van der Waals surface area contributed by atoms with E-state index in [-0.39, 0.29) is 35.6 Å². The summed E-state index contributed by atoms with van der Waals surface area (Å²) >= 11 is 0. The first kappa shape index (κ1) is 15.2. The Bertz CT molecular complexity index is 316. The summed E-state index contributed by atoms with van der Waals surface area (Å²) in [6.07, 6.45) is 2.21. The third-order valence-electron chi connectivity index (χ3n) is 3.93. The normalized spacial score (nSPS) is 26.1. The van der Waals surface area contributed by atoms with Crippen LogP contribution in [-0.4, -0.2) is 38.1 Å². The van der Waals surface area contributed by atoms with E-state index in [0.29, 0.717) is 19.6 Å². The fourth-order valence-corrected chi connectivity index (χ4v) is 2.96. The van der Waals surface area contributed by atoms with Gasteiger partial charge < -0.3 is 15.4 Å². The lowest BCUT2D eigenvalue weighted by Gasteiger charge is -2.45. The minimum Gasteiger partial charge on any atom is -0.466 e. The fraction of sp³-hybridized carbons (Fsp3) is 0.833. The highest BCUT2D eigenvalue weighted by atomic mass is 35.5. The number of piperidine rings is 2. The Labute approximate surface area is 113 Å². The zero-order chi connectivity index (χ0) is 12.3. The molecule has 0 aromatic carbocycles. The molecular formula is C12H21ClN2O3. The predicted molar refractivity (Wildman–Crippen MR) is 69.5 cm³/mol. The third-order valence-corrected chi connectivity index (χ3v) is 3.93. The standard InChI is InChI=1S/C12H20N2O3.ClH/c1-2-17-11(16)9-8-14-10(15)7-12(9)3-5-13-6-4-12;/h9,13H,2-8H2,1H3,(H,14,15);1H. The van der Waals surface area contributed by atoms with Crippen molar-refractivity contribution in [2.75, 3.05) is 26.2 Å². The lowest BCUT2D eigenvalue weighted by atomic mass is 9.65. The minimum atomic E-state index is -0.181. The molecule has 5 nitrogen and oxygen atoms in total. The smallest absolute Gasteiger partial charge is 0.311 e. The van der Waals surface area contributed by atoms with Crippen LogP contribution in [0.3, 0.4) is 0 Å². The molecule has 1 spiro atoms. The molecule has 0 saturated carbocycles. The molecule has 1 atom stereocenters. The minimum absolute atomic E-state index is 0. The van der Waals surface area contributed by atoms with Gasteiger partial charge in [-0.25, -0.2) is 0 Å². The summed E-state index contributed by atoms with van der Waals surface area (Å²) in [4.78, 5) is 23.6. The van der Waals surface area contributed by atoms with E-state index in [0.717, 1.165) is 25.9 Å². The van der Waals surface area contributed by atoms with Crippen molar-refractivity contribution < 1.29 is 14.3 Å². The van der Waals surface area contributed by atoms with Crippen LogP contribution in [0.25, 0.3) is 0 Å². The van der Waals surface area contributed by atoms with Gasteiger partial charge in [0.15, 0.2) is 0 Å². The van der Waals surface area contributed by atoms with Crippen LogP contribution in [0.15, 0.2) is 0 Å². The van der Waals surface area contributed by atoms with Crippen molar-refractivity contribution in [2.45, 2.75) is 26.2 Å². The van der Waals surface area contributed by atoms with Crippen LogP contribution in [0, 0.1) is 11.3 Å². The van der Waals surface area contributed by atoms with E-state index in [4.69, 9.17) is 4.74 Å². The van der Waals surface area contributed by atoms with Crippen molar-refractivity contribution >= 4 is 24.3 Å². The second kappa shape index (κ2) is 6.38. The average molecular weight is 277 g/mol. The Kier molecular flexibility index (Phi) is 5.41. The largest absolute Gasteiger partial charge is 0.466 e. The SMILES string of the molecule is CCOC(=O)C1CNC(=O)CC12CCNCC2.Cl. The zero-order valence-corrected chi connectivity index (χ0v) is 11.5. The second-order valence-electron chi connectivity index (χ2n) is 4.90. The lowest BCUT2D eigenvalue weighted by Crippen LogP contribution is -2.55. The van der Waals surface area contributed by atoms with Crippen molar-refractivity contribution in [2.24, 2.45) is 11.3 Å². The highest BCUT2D eigenvalue weighted by Crippen LogP contribution is 2.42. The van der Waals surface area contributed by atoms with Gasteiger partial charge in [-0.1, -0.05) is 0 Å². The molecule has 2 saturated heterocycles. The van der Waals surface area contributed by atoms with Crippen LogP contribution in [0.2, 0.25) is 0 Å². The second-order valence-corrected chi connectivity index (χ2v) is 4.90. The summed E-state index contributed by atoms with van der Waals surface area (Å²) < 4.78 is 5.13. The van der Waals surface area contributed by atoms with Gasteiger partial charge in [0.05, 0.1) is 12.5 Å². The van der Waals surface area contributed by atoms with Gasteiger partial charge >= 0.3 is 5.97 Å². The first-order chi connectivity index (χ1) is 8.18. The molecule has 6 heteroatoms. The maximum Gasteiger partial charge on any atom is 0.311 e. The van der Waals surface area contributed by atoms with E-state index in [9.17, 15) is 9.59 Å². The molecule has 2 aliphatic heterocycles. The first-order valence-corrected chi connectivity index (χ1v) is 6.32. The predicted octanol–water partition coefficient (Wildman–Crippen LogP) is 0.477. The Hall–Kier alpha value is -0.810. The van der Waals surface area contributed by atoms with Crippen LogP contribution in [0.4, 0.5) is 0 Å². The number of ether oxygens (including phenoxy) is 1. The Balaban J connectivity index is 0.00000162. The van der Waals surface area contributed by atoms with Crippen molar-refractivity contribution in [1.82, 2.24) is 10.6 Å². The number of esters is 1. The molecule has 2 fully saturated rings. The lowest BCUT2D eigenvalue weighted by molar-refractivity contribution is -0.157. The molecule has 104 valence electrons. The van der Waals surface area contributed by atoms with Crippen LogP contribution < -0.4 is 10.6 Å². The third kappa shape index (κ3) is 2.95. The fourth-order valence-electron chi connectivity index (χ4n) is 2.96. The maximum absolute atomic E-state index is 12.0.